The van der Waals surface area contributed by atoms with Gasteiger partial charge in [0.15, 0.2) is 11.5 Å². The number of hydrogen-bond donors (Lipinski definition) is 2. The first kappa shape index (κ1) is 17.4. The number of amides is 2. The Kier molecular flexibility index (Phi) is 5.12. The number of ether oxygens (including phenoxy) is 3. The summed E-state index contributed by atoms with van der Waals surface area (Å²) in [4.78, 5) is 12.2. The van der Waals surface area contributed by atoms with Gasteiger partial charge in [-0.05, 0) is 12.1 Å². The lowest BCUT2D eigenvalue weighted by molar-refractivity contribution is 0.251. The molecule has 8 heteroatoms. The highest BCUT2D eigenvalue weighted by molar-refractivity contribution is 5.90. The molecule has 0 aliphatic carbocycles. The van der Waals surface area contributed by atoms with Crippen LogP contribution in [0.1, 0.15) is 5.56 Å². The number of carbonyl (C=O) groups is 1. The summed E-state index contributed by atoms with van der Waals surface area (Å²) in [5.74, 6) is 1.39. The van der Waals surface area contributed by atoms with Gasteiger partial charge in [0.25, 0.3) is 0 Å². The molecule has 0 unspecified atom stereocenters. The van der Waals surface area contributed by atoms with E-state index < -0.39 is 0 Å². The number of carbonyl (C=O) groups excluding carboxylic acids is 1. The number of nitrogens with zero attached hydrogens (tertiary/aromatic N) is 2. The van der Waals surface area contributed by atoms with Crippen molar-refractivity contribution in [3.8, 4) is 17.2 Å². The van der Waals surface area contributed by atoms with E-state index in [4.69, 9.17) is 14.2 Å². The van der Waals surface area contributed by atoms with E-state index in [9.17, 15) is 4.79 Å². The molecule has 0 aliphatic rings. The number of pyridine rings is 1. The lowest BCUT2D eigenvalue weighted by Crippen LogP contribution is -2.28. The quantitative estimate of drug-likeness (QED) is 0.709. The zero-order valence-corrected chi connectivity index (χ0v) is 14.8. The van der Waals surface area contributed by atoms with Crippen molar-refractivity contribution in [2.45, 2.75) is 6.54 Å². The Labute approximate surface area is 150 Å². The summed E-state index contributed by atoms with van der Waals surface area (Å²) in [6, 6.07) is 8.74. The molecule has 2 aromatic heterocycles. The molecule has 2 amide bonds. The highest BCUT2D eigenvalue weighted by atomic mass is 16.5. The van der Waals surface area contributed by atoms with Gasteiger partial charge in [-0.3, -0.25) is 0 Å². The number of rotatable bonds is 6. The lowest BCUT2D eigenvalue weighted by atomic mass is 10.2. The third-order valence-corrected chi connectivity index (χ3v) is 3.87. The summed E-state index contributed by atoms with van der Waals surface area (Å²) in [5.41, 5.74) is 2.39. The first-order valence-electron chi connectivity index (χ1n) is 7.92. The zero-order chi connectivity index (χ0) is 18.5. The van der Waals surface area contributed by atoms with Crippen LogP contribution < -0.4 is 24.8 Å². The first-order valence-corrected chi connectivity index (χ1v) is 7.92. The molecule has 1 aromatic carbocycles. The Bertz CT molecular complexity index is 897. The van der Waals surface area contributed by atoms with Gasteiger partial charge in [0.2, 0.25) is 5.75 Å². The van der Waals surface area contributed by atoms with Crippen molar-refractivity contribution in [2.24, 2.45) is 0 Å². The fraction of sp³-hybridized carbons (Fsp3) is 0.222. The molecule has 0 saturated heterocycles. The minimum absolute atomic E-state index is 0.351. The number of fused-ring (bicyclic) bond motifs is 1. The van der Waals surface area contributed by atoms with Gasteiger partial charge in [-0.15, -0.1) is 0 Å². The van der Waals surface area contributed by atoms with Crippen molar-refractivity contribution in [1.29, 1.82) is 0 Å². The van der Waals surface area contributed by atoms with Crippen molar-refractivity contribution < 1.29 is 19.0 Å². The van der Waals surface area contributed by atoms with E-state index in [0.29, 0.717) is 29.5 Å². The van der Waals surface area contributed by atoms with Crippen molar-refractivity contribution >= 4 is 17.2 Å². The summed E-state index contributed by atoms with van der Waals surface area (Å²) in [6.07, 6.45) is 3.59. The molecule has 8 nitrogen and oxygen atoms in total. The summed E-state index contributed by atoms with van der Waals surface area (Å²) in [6.45, 7) is 0.351. The Hall–Kier alpha value is -3.42. The van der Waals surface area contributed by atoms with E-state index in [1.807, 2.05) is 24.4 Å². The molecule has 0 radical (unpaired) electrons. The molecule has 3 aromatic rings. The van der Waals surface area contributed by atoms with Gasteiger partial charge >= 0.3 is 6.03 Å². The third kappa shape index (κ3) is 3.49. The number of nitrogens with one attached hydrogen (secondary N) is 2. The van der Waals surface area contributed by atoms with Crippen LogP contribution in [-0.4, -0.2) is 37.0 Å². The average molecular weight is 356 g/mol. The number of aromatic nitrogens is 2. The van der Waals surface area contributed by atoms with Gasteiger partial charge in [-0.25, -0.2) is 9.31 Å². The number of urea groups is 1. The topological polar surface area (TPSA) is 86.1 Å². The highest BCUT2D eigenvalue weighted by Gasteiger charge is 2.14. The molecule has 3 rings (SSSR count). The van der Waals surface area contributed by atoms with E-state index >= 15 is 0 Å². The summed E-state index contributed by atoms with van der Waals surface area (Å²) in [5, 5.41) is 9.82. The largest absolute Gasteiger partial charge is 0.493 e. The summed E-state index contributed by atoms with van der Waals surface area (Å²) in [7, 11) is 4.56. The summed E-state index contributed by atoms with van der Waals surface area (Å²) < 4.78 is 17.6. The van der Waals surface area contributed by atoms with Crippen molar-refractivity contribution in [1.82, 2.24) is 14.9 Å². The third-order valence-electron chi connectivity index (χ3n) is 3.87. The molecule has 0 spiro atoms. The average Bonchev–Trinajstić information content (AvgIpc) is 3.08. The van der Waals surface area contributed by atoms with Crippen LogP contribution in [0, 0.1) is 0 Å². The molecule has 2 N–H and O–H groups in total. The second kappa shape index (κ2) is 7.64. The van der Waals surface area contributed by atoms with Gasteiger partial charge in [-0.1, -0.05) is 6.07 Å². The number of benzene rings is 1. The zero-order valence-electron chi connectivity index (χ0n) is 14.8. The van der Waals surface area contributed by atoms with Crippen LogP contribution in [0.25, 0.3) is 5.52 Å². The fourth-order valence-electron chi connectivity index (χ4n) is 2.63. The van der Waals surface area contributed by atoms with Crippen LogP contribution in [0.15, 0.2) is 42.7 Å². The Morgan fingerprint density at radius 1 is 1.12 bits per heavy atom. The van der Waals surface area contributed by atoms with Crippen molar-refractivity contribution in [3.63, 3.8) is 0 Å². The maximum absolute atomic E-state index is 12.2. The van der Waals surface area contributed by atoms with Crippen molar-refractivity contribution in [3.05, 3.63) is 48.3 Å². The number of hydrogen-bond acceptors (Lipinski definition) is 5. The van der Waals surface area contributed by atoms with Gasteiger partial charge in [0.05, 0.1) is 38.7 Å². The Balaban J connectivity index is 1.70. The van der Waals surface area contributed by atoms with Crippen LogP contribution in [-0.2, 0) is 6.54 Å². The number of methoxy groups -OCH3 is 3. The molecule has 0 atom stereocenters. The maximum atomic E-state index is 12.2. The lowest BCUT2D eigenvalue weighted by Gasteiger charge is -2.14. The molecular formula is C18H20N4O4. The normalized spacial score (nSPS) is 10.4. The smallest absolute Gasteiger partial charge is 0.319 e. The van der Waals surface area contributed by atoms with Gasteiger partial charge in [0, 0.05) is 30.4 Å². The van der Waals surface area contributed by atoms with E-state index in [1.165, 1.54) is 21.3 Å². The Morgan fingerprint density at radius 3 is 2.50 bits per heavy atom. The molecular weight excluding hydrogens is 336 g/mol. The van der Waals surface area contributed by atoms with E-state index in [2.05, 4.69) is 15.7 Å². The first-order chi connectivity index (χ1) is 12.7. The minimum Gasteiger partial charge on any atom is -0.493 e. The standard InChI is InChI=1S/C18H20N4O4/c1-24-15-8-13(9-16(25-2)17(15)26-3)21-18(23)19-10-12-11-20-22-7-5-4-6-14(12)22/h4-9,11H,10H2,1-3H3,(H2,19,21,23). The van der Waals surface area contributed by atoms with Crippen LogP contribution >= 0.6 is 0 Å². The fourth-order valence-corrected chi connectivity index (χ4v) is 2.63. The molecule has 0 bridgehead atoms. The van der Waals surface area contributed by atoms with Gasteiger partial charge in [-0.2, -0.15) is 5.10 Å². The van der Waals surface area contributed by atoms with Crippen LogP contribution in [0.5, 0.6) is 17.2 Å². The monoisotopic (exact) mass is 356 g/mol. The van der Waals surface area contributed by atoms with Gasteiger partial charge in [0.1, 0.15) is 0 Å². The van der Waals surface area contributed by atoms with Crippen molar-refractivity contribution in [2.75, 3.05) is 26.6 Å². The predicted molar refractivity (Wildman–Crippen MR) is 97.1 cm³/mol. The maximum Gasteiger partial charge on any atom is 0.319 e. The summed E-state index contributed by atoms with van der Waals surface area (Å²) >= 11 is 0. The second-order valence-corrected chi connectivity index (χ2v) is 5.42. The molecule has 0 saturated carbocycles. The van der Waals surface area contributed by atoms with E-state index in [-0.39, 0.29) is 6.03 Å². The SMILES string of the molecule is COc1cc(NC(=O)NCc2cnn3ccccc23)cc(OC)c1OC. The van der Waals surface area contributed by atoms with Crippen LogP contribution in [0.2, 0.25) is 0 Å². The number of anilines is 1. The highest BCUT2D eigenvalue weighted by Crippen LogP contribution is 2.39. The van der Waals surface area contributed by atoms with E-state index in [0.717, 1.165) is 11.1 Å². The second-order valence-electron chi connectivity index (χ2n) is 5.42. The minimum atomic E-state index is -0.352. The Morgan fingerprint density at radius 2 is 1.85 bits per heavy atom. The van der Waals surface area contributed by atoms with Crippen LogP contribution in [0.3, 0.4) is 0 Å². The predicted octanol–water partition coefficient (Wildman–Crippen LogP) is 2.68. The molecule has 0 aliphatic heterocycles. The molecule has 26 heavy (non-hydrogen) atoms. The molecule has 0 fully saturated rings. The van der Waals surface area contributed by atoms with Crippen LogP contribution in [0.4, 0.5) is 10.5 Å². The molecule has 2 heterocycles. The molecule has 136 valence electrons. The van der Waals surface area contributed by atoms with Gasteiger partial charge < -0.3 is 24.8 Å². The van der Waals surface area contributed by atoms with E-state index in [1.54, 1.807) is 22.8 Å².